The highest BCUT2D eigenvalue weighted by Gasteiger charge is 2.47. The van der Waals surface area contributed by atoms with Gasteiger partial charge in [0.1, 0.15) is 0 Å². The lowest BCUT2D eigenvalue weighted by Crippen LogP contribution is -2.22. The summed E-state index contributed by atoms with van der Waals surface area (Å²) in [6, 6.07) is 8.50. The van der Waals surface area contributed by atoms with Gasteiger partial charge in [-0.05, 0) is 36.0 Å². The van der Waals surface area contributed by atoms with Gasteiger partial charge in [0.15, 0.2) is 9.84 Å². The number of esters is 1. The molecule has 0 N–H and O–H groups in total. The van der Waals surface area contributed by atoms with E-state index in [1.807, 2.05) is 6.07 Å². The van der Waals surface area contributed by atoms with Gasteiger partial charge < -0.3 is 4.74 Å². The molecular formula is C15H17NO4S. The Labute approximate surface area is 124 Å². The predicted octanol–water partition coefficient (Wildman–Crippen LogP) is 1.82. The average molecular weight is 307 g/mol. The summed E-state index contributed by atoms with van der Waals surface area (Å²) < 4.78 is 29.1. The quantitative estimate of drug-likeness (QED) is 0.748. The minimum atomic E-state index is -3.29. The van der Waals surface area contributed by atoms with E-state index in [1.54, 1.807) is 24.3 Å². The van der Waals surface area contributed by atoms with Crippen LogP contribution in [0.4, 0.5) is 0 Å². The third kappa shape index (κ3) is 4.30. The van der Waals surface area contributed by atoms with Gasteiger partial charge in [0.25, 0.3) is 0 Å². The van der Waals surface area contributed by atoms with Crippen LogP contribution in [0.15, 0.2) is 24.3 Å². The van der Waals surface area contributed by atoms with Crippen LogP contribution in [0.25, 0.3) is 0 Å². The van der Waals surface area contributed by atoms with E-state index in [2.05, 4.69) is 4.74 Å². The standard InChI is InChI=1S/C15H17NO4S/c1-20-14(17)8-15(6-7-15)11-21(18,19)10-13-4-2-12(9-16)3-5-13/h2-5H,6-8,10-11H2,1H3. The number of hydrogen-bond acceptors (Lipinski definition) is 5. The van der Waals surface area contributed by atoms with Crippen molar-refractivity contribution in [3.63, 3.8) is 0 Å². The van der Waals surface area contributed by atoms with Crippen molar-refractivity contribution < 1.29 is 17.9 Å². The van der Waals surface area contributed by atoms with Crippen molar-refractivity contribution in [2.75, 3.05) is 12.9 Å². The van der Waals surface area contributed by atoms with Crippen molar-refractivity contribution in [1.29, 1.82) is 5.26 Å². The summed E-state index contributed by atoms with van der Waals surface area (Å²) in [4.78, 5) is 11.3. The highest BCUT2D eigenvalue weighted by atomic mass is 32.2. The molecule has 1 aliphatic carbocycles. The number of carbonyl (C=O) groups is 1. The van der Waals surface area contributed by atoms with E-state index < -0.39 is 15.3 Å². The Morgan fingerprint density at radius 1 is 1.33 bits per heavy atom. The summed E-state index contributed by atoms with van der Waals surface area (Å²) in [7, 11) is -1.98. The van der Waals surface area contributed by atoms with Gasteiger partial charge in [0.2, 0.25) is 0 Å². The topological polar surface area (TPSA) is 84.2 Å². The molecule has 0 aliphatic heterocycles. The molecular weight excluding hydrogens is 290 g/mol. The van der Waals surface area contributed by atoms with Gasteiger partial charge in [-0.1, -0.05) is 12.1 Å². The summed E-state index contributed by atoms with van der Waals surface area (Å²) >= 11 is 0. The van der Waals surface area contributed by atoms with Crippen LogP contribution in [0.3, 0.4) is 0 Å². The van der Waals surface area contributed by atoms with Crippen LogP contribution >= 0.6 is 0 Å². The summed E-state index contributed by atoms with van der Waals surface area (Å²) in [5.74, 6) is -0.419. The second-order valence-corrected chi connectivity index (χ2v) is 7.66. The molecule has 0 bridgehead atoms. The number of methoxy groups -OCH3 is 1. The fourth-order valence-electron chi connectivity index (χ4n) is 2.37. The molecule has 1 aromatic rings. The number of rotatable bonds is 6. The van der Waals surface area contributed by atoms with E-state index in [9.17, 15) is 13.2 Å². The molecule has 0 atom stereocenters. The first-order valence-corrected chi connectivity index (χ1v) is 8.46. The molecule has 1 fully saturated rings. The molecule has 0 amide bonds. The fourth-order valence-corrected chi connectivity index (χ4v) is 4.50. The zero-order valence-electron chi connectivity index (χ0n) is 11.8. The van der Waals surface area contributed by atoms with E-state index >= 15 is 0 Å². The maximum atomic E-state index is 12.3. The van der Waals surface area contributed by atoms with Crippen molar-refractivity contribution in [2.45, 2.75) is 25.0 Å². The summed E-state index contributed by atoms with van der Waals surface area (Å²) in [5.41, 5.74) is 0.724. The van der Waals surface area contributed by atoms with Gasteiger partial charge in [-0.3, -0.25) is 4.79 Å². The molecule has 2 rings (SSSR count). The third-order valence-corrected chi connectivity index (χ3v) is 5.53. The first-order chi connectivity index (χ1) is 9.88. The second kappa shape index (κ2) is 5.86. The van der Waals surface area contributed by atoms with Crippen molar-refractivity contribution in [3.8, 4) is 6.07 Å². The summed E-state index contributed by atoms with van der Waals surface area (Å²) in [6.07, 6.45) is 1.65. The second-order valence-electron chi connectivity index (χ2n) is 5.59. The van der Waals surface area contributed by atoms with Gasteiger partial charge in [0, 0.05) is 0 Å². The SMILES string of the molecule is COC(=O)CC1(CS(=O)(=O)Cc2ccc(C#N)cc2)CC1. The maximum Gasteiger partial charge on any atom is 0.306 e. The zero-order chi connectivity index (χ0) is 15.5. The molecule has 5 nitrogen and oxygen atoms in total. The van der Waals surface area contributed by atoms with E-state index in [0.717, 1.165) is 12.8 Å². The van der Waals surface area contributed by atoms with Crippen molar-refractivity contribution in [2.24, 2.45) is 5.41 Å². The Balaban J connectivity index is 2.02. The number of ether oxygens (including phenoxy) is 1. The fraction of sp³-hybridized carbons (Fsp3) is 0.467. The Hall–Kier alpha value is -1.87. The Kier molecular flexibility index (Phi) is 4.33. The first kappa shape index (κ1) is 15.5. The largest absolute Gasteiger partial charge is 0.469 e. The number of carbonyl (C=O) groups excluding carboxylic acids is 1. The van der Waals surface area contributed by atoms with Crippen LogP contribution < -0.4 is 0 Å². The lowest BCUT2D eigenvalue weighted by atomic mass is 10.1. The lowest BCUT2D eigenvalue weighted by molar-refractivity contribution is -0.141. The molecule has 0 heterocycles. The highest BCUT2D eigenvalue weighted by Crippen LogP contribution is 2.50. The van der Waals surface area contributed by atoms with Gasteiger partial charge in [-0.25, -0.2) is 8.42 Å². The molecule has 0 unspecified atom stereocenters. The van der Waals surface area contributed by atoms with E-state index in [4.69, 9.17) is 5.26 Å². The van der Waals surface area contributed by atoms with Crippen LogP contribution in [-0.4, -0.2) is 27.2 Å². The van der Waals surface area contributed by atoms with Gasteiger partial charge in [-0.2, -0.15) is 5.26 Å². The lowest BCUT2D eigenvalue weighted by Gasteiger charge is -2.14. The number of hydrogen-bond donors (Lipinski definition) is 0. The minimum absolute atomic E-state index is 0.00903. The molecule has 21 heavy (non-hydrogen) atoms. The molecule has 1 saturated carbocycles. The number of benzene rings is 1. The van der Waals surface area contributed by atoms with E-state index in [1.165, 1.54) is 7.11 Å². The molecule has 0 spiro atoms. The van der Waals surface area contributed by atoms with Crippen LogP contribution in [0.5, 0.6) is 0 Å². The van der Waals surface area contributed by atoms with Gasteiger partial charge in [-0.15, -0.1) is 0 Å². The van der Waals surface area contributed by atoms with Crippen LogP contribution in [0.2, 0.25) is 0 Å². The van der Waals surface area contributed by atoms with Gasteiger partial charge >= 0.3 is 5.97 Å². The molecule has 1 aromatic carbocycles. The number of nitrogens with zero attached hydrogens (tertiary/aromatic N) is 1. The predicted molar refractivity (Wildman–Crippen MR) is 76.9 cm³/mol. The molecule has 112 valence electrons. The monoisotopic (exact) mass is 307 g/mol. The number of sulfone groups is 1. The smallest absolute Gasteiger partial charge is 0.306 e. The molecule has 0 aromatic heterocycles. The van der Waals surface area contributed by atoms with Crippen molar-refractivity contribution in [3.05, 3.63) is 35.4 Å². The Morgan fingerprint density at radius 2 is 1.95 bits per heavy atom. The molecule has 0 saturated heterocycles. The third-order valence-electron chi connectivity index (χ3n) is 3.70. The summed E-state index contributed by atoms with van der Waals surface area (Å²) in [5, 5.41) is 8.72. The van der Waals surface area contributed by atoms with Crippen LogP contribution in [0, 0.1) is 16.7 Å². The molecule has 1 aliphatic rings. The van der Waals surface area contributed by atoms with E-state index in [-0.39, 0.29) is 23.9 Å². The van der Waals surface area contributed by atoms with E-state index in [0.29, 0.717) is 11.1 Å². The van der Waals surface area contributed by atoms with Crippen LogP contribution in [-0.2, 0) is 25.1 Å². The number of nitriles is 1. The van der Waals surface area contributed by atoms with Crippen LogP contribution in [0.1, 0.15) is 30.4 Å². The molecule has 6 heteroatoms. The minimum Gasteiger partial charge on any atom is -0.469 e. The van der Waals surface area contributed by atoms with Crippen molar-refractivity contribution >= 4 is 15.8 Å². The summed E-state index contributed by atoms with van der Waals surface area (Å²) in [6.45, 7) is 0. The zero-order valence-corrected chi connectivity index (χ0v) is 12.6. The average Bonchev–Trinajstić information content (AvgIpc) is 3.17. The normalized spacial score (nSPS) is 16.0. The highest BCUT2D eigenvalue weighted by molar-refractivity contribution is 7.90. The molecule has 0 radical (unpaired) electrons. The maximum absolute atomic E-state index is 12.3. The first-order valence-electron chi connectivity index (χ1n) is 6.64. The Morgan fingerprint density at radius 3 is 2.43 bits per heavy atom. The van der Waals surface area contributed by atoms with Gasteiger partial charge in [0.05, 0.1) is 36.7 Å². The Bertz CT molecular complexity index is 667. The van der Waals surface area contributed by atoms with Crippen molar-refractivity contribution in [1.82, 2.24) is 0 Å².